The molecular formula is C10H21N3O. The first kappa shape index (κ1) is 11.3. The number of rotatable bonds is 3. The Morgan fingerprint density at radius 1 is 1.36 bits per heavy atom. The van der Waals surface area contributed by atoms with Gasteiger partial charge >= 0.3 is 6.03 Å². The molecule has 82 valence electrons. The Morgan fingerprint density at radius 2 is 1.93 bits per heavy atom. The van der Waals surface area contributed by atoms with E-state index >= 15 is 0 Å². The van der Waals surface area contributed by atoms with E-state index in [0.717, 1.165) is 6.54 Å². The standard InChI is InChI=1S/C10H21N3O/c1-11-9(14)13(4)8-10(12(2)3)6-5-7-10/h5-8H2,1-4H3,(H,11,14). The molecule has 0 aromatic carbocycles. The van der Waals surface area contributed by atoms with Gasteiger partial charge in [0, 0.05) is 26.2 Å². The van der Waals surface area contributed by atoms with Gasteiger partial charge in [-0.15, -0.1) is 0 Å². The molecule has 0 aliphatic heterocycles. The molecule has 1 saturated carbocycles. The molecule has 4 nitrogen and oxygen atoms in total. The zero-order valence-electron chi connectivity index (χ0n) is 9.63. The van der Waals surface area contributed by atoms with Crippen molar-refractivity contribution < 1.29 is 4.79 Å². The van der Waals surface area contributed by atoms with E-state index in [-0.39, 0.29) is 11.6 Å². The highest BCUT2D eigenvalue weighted by molar-refractivity contribution is 5.73. The van der Waals surface area contributed by atoms with Crippen LogP contribution in [0.4, 0.5) is 4.79 Å². The molecule has 2 amide bonds. The molecule has 0 spiro atoms. The highest BCUT2D eigenvalue weighted by Gasteiger charge is 2.40. The molecule has 0 aromatic heterocycles. The van der Waals surface area contributed by atoms with Crippen LogP contribution in [-0.4, -0.2) is 56.1 Å². The van der Waals surface area contributed by atoms with Gasteiger partial charge in [0.15, 0.2) is 0 Å². The molecule has 1 aliphatic carbocycles. The Morgan fingerprint density at radius 3 is 2.21 bits per heavy atom. The second-order valence-electron chi connectivity index (χ2n) is 4.38. The second-order valence-corrected chi connectivity index (χ2v) is 4.38. The highest BCUT2D eigenvalue weighted by atomic mass is 16.2. The lowest BCUT2D eigenvalue weighted by atomic mass is 9.75. The van der Waals surface area contributed by atoms with Gasteiger partial charge in [0.2, 0.25) is 0 Å². The molecule has 0 unspecified atom stereocenters. The Balaban J connectivity index is 2.52. The van der Waals surface area contributed by atoms with E-state index in [1.807, 2.05) is 7.05 Å². The number of nitrogens with zero attached hydrogens (tertiary/aromatic N) is 2. The third-order valence-corrected chi connectivity index (χ3v) is 3.33. The van der Waals surface area contributed by atoms with Gasteiger partial charge in [-0.1, -0.05) is 0 Å². The Labute approximate surface area is 86.2 Å². The van der Waals surface area contributed by atoms with Crippen molar-refractivity contribution in [2.45, 2.75) is 24.8 Å². The summed E-state index contributed by atoms with van der Waals surface area (Å²) in [5.41, 5.74) is 0.223. The quantitative estimate of drug-likeness (QED) is 0.727. The molecule has 1 aliphatic rings. The number of urea groups is 1. The van der Waals surface area contributed by atoms with E-state index in [1.165, 1.54) is 19.3 Å². The molecular weight excluding hydrogens is 178 g/mol. The van der Waals surface area contributed by atoms with E-state index in [9.17, 15) is 4.79 Å². The first-order valence-electron chi connectivity index (χ1n) is 5.12. The highest BCUT2D eigenvalue weighted by Crippen LogP contribution is 2.36. The van der Waals surface area contributed by atoms with E-state index in [0.29, 0.717) is 0 Å². The number of amides is 2. The fourth-order valence-corrected chi connectivity index (χ4v) is 2.04. The maximum atomic E-state index is 11.3. The summed E-state index contributed by atoms with van der Waals surface area (Å²) >= 11 is 0. The lowest BCUT2D eigenvalue weighted by Crippen LogP contribution is -2.58. The Bertz CT molecular complexity index is 211. The SMILES string of the molecule is CNC(=O)N(C)CC1(N(C)C)CCC1. The first-order chi connectivity index (χ1) is 6.52. The minimum Gasteiger partial charge on any atom is -0.341 e. The average Bonchev–Trinajstić information content (AvgIpc) is 2.08. The van der Waals surface area contributed by atoms with E-state index in [2.05, 4.69) is 24.3 Å². The van der Waals surface area contributed by atoms with Crippen LogP contribution in [0.1, 0.15) is 19.3 Å². The molecule has 14 heavy (non-hydrogen) atoms. The molecule has 4 heteroatoms. The predicted molar refractivity (Wildman–Crippen MR) is 57.4 cm³/mol. The maximum Gasteiger partial charge on any atom is 0.316 e. The van der Waals surface area contributed by atoms with Crippen LogP contribution in [0.2, 0.25) is 0 Å². The Kier molecular flexibility index (Phi) is 3.37. The van der Waals surface area contributed by atoms with Gasteiger partial charge in [-0.3, -0.25) is 0 Å². The van der Waals surface area contributed by atoms with Crippen LogP contribution < -0.4 is 5.32 Å². The predicted octanol–water partition coefficient (Wildman–Crippen LogP) is 0.742. The number of carbonyl (C=O) groups excluding carboxylic acids is 1. The smallest absolute Gasteiger partial charge is 0.316 e. The van der Waals surface area contributed by atoms with Gasteiger partial charge < -0.3 is 15.1 Å². The number of hydrogen-bond acceptors (Lipinski definition) is 2. The second kappa shape index (κ2) is 4.17. The van der Waals surface area contributed by atoms with Crippen molar-refractivity contribution in [1.29, 1.82) is 0 Å². The van der Waals surface area contributed by atoms with E-state index in [4.69, 9.17) is 0 Å². The topological polar surface area (TPSA) is 35.6 Å². The summed E-state index contributed by atoms with van der Waals surface area (Å²) in [5, 5.41) is 2.64. The zero-order valence-corrected chi connectivity index (χ0v) is 9.63. The minimum atomic E-state index is -0.00174. The lowest BCUT2D eigenvalue weighted by molar-refractivity contribution is 0.0366. The van der Waals surface area contributed by atoms with Crippen molar-refractivity contribution in [2.75, 3.05) is 34.7 Å². The number of nitrogens with one attached hydrogen (secondary N) is 1. The van der Waals surface area contributed by atoms with Gasteiger partial charge in [0.05, 0.1) is 0 Å². The summed E-state index contributed by atoms with van der Waals surface area (Å²) in [7, 11) is 7.71. The largest absolute Gasteiger partial charge is 0.341 e. The van der Waals surface area contributed by atoms with Crippen molar-refractivity contribution in [2.24, 2.45) is 0 Å². The van der Waals surface area contributed by atoms with Crippen LogP contribution in [-0.2, 0) is 0 Å². The van der Waals surface area contributed by atoms with Crippen LogP contribution in [0.15, 0.2) is 0 Å². The normalized spacial score (nSPS) is 18.9. The molecule has 0 radical (unpaired) electrons. The van der Waals surface area contributed by atoms with Crippen LogP contribution in [0.3, 0.4) is 0 Å². The van der Waals surface area contributed by atoms with Crippen LogP contribution >= 0.6 is 0 Å². The average molecular weight is 199 g/mol. The van der Waals surface area contributed by atoms with Crippen molar-refractivity contribution in [3.63, 3.8) is 0 Å². The summed E-state index contributed by atoms with van der Waals surface area (Å²) in [5.74, 6) is 0. The number of hydrogen-bond donors (Lipinski definition) is 1. The monoisotopic (exact) mass is 199 g/mol. The number of likely N-dealkylation sites (N-methyl/N-ethyl adjacent to an activating group) is 2. The van der Waals surface area contributed by atoms with Gasteiger partial charge in [0.1, 0.15) is 0 Å². The molecule has 0 atom stereocenters. The van der Waals surface area contributed by atoms with Gasteiger partial charge in [0.25, 0.3) is 0 Å². The molecule has 0 heterocycles. The summed E-state index contributed by atoms with van der Waals surface area (Å²) < 4.78 is 0. The van der Waals surface area contributed by atoms with E-state index < -0.39 is 0 Å². The third-order valence-electron chi connectivity index (χ3n) is 3.33. The minimum absolute atomic E-state index is 0.00174. The lowest BCUT2D eigenvalue weighted by Gasteiger charge is -2.49. The van der Waals surface area contributed by atoms with Crippen LogP contribution in [0.25, 0.3) is 0 Å². The van der Waals surface area contributed by atoms with Crippen molar-refractivity contribution in [3.8, 4) is 0 Å². The van der Waals surface area contributed by atoms with E-state index in [1.54, 1.807) is 11.9 Å². The first-order valence-corrected chi connectivity index (χ1v) is 5.12. The number of carbonyl (C=O) groups is 1. The maximum absolute atomic E-state index is 11.3. The summed E-state index contributed by atoms with van der Waals surface area (Å²) in [6, 6.07) is -0.00174. The molecule has 1 fully saturated rings. The fourth-order valence-electron chi connectivity index (χ4n) is 2.04. The van der Waals surface area contributed by atoms with Gasteiger partial charge in [-0.2, -0.15) is 0 Å². The van der Waals surface area contributed by atoms with Crippen LogP contribution in [0, 0.1) is 0 Å². The molecule has 0 aromatic rings. The van der Waals surface area contributed by atoms with Crippen LogP contribution in [0.5, 0.6) is 0 Å². The van der Waals surface area contributed by atoms with Gasteiger partial charge in [-0.25, -0.2) is 4.79 Å². The van der Waals surface area contributed by atoms with Gasteiger partial charge in [-0.05, 0) is 33.4 Å². The summed E-state index contributed by atoms with van der Waals surface area (Å²) in [6.45, 7) is 0.819. The zero-order chi connectivity index (χ0) is 10.8. The van der Waals surface area contributed by atoms with Crippen molar-refractivity contribution in [1.82, 2.24) is 15.1 Å². The molecule has 0 bridgehead atoms. The summed E-state index contributed by atoms with van der Waals surface area (Å²) in [6.07, 6.45) is 3.67. The Hall–Kier alpha value is -0.770. The molecule has 0 saturated heterocycles. The van der Waals surface area contributed by atoms with Crippen molar-refractivity contribution in [3.05, 3.63) is 0 Å². The molecule has 1 rings (SSSR count). The molecule has 1 N–H and O–H groups in total. The summed E-state index contributed by atoms with van der Waals surface area (Å²) in [4.78, 5) is 15.4. The van der Waals surface area contributed by atoms with Crippen molar-refractivity contribution >= 4 is 6.03 Å². The fraction of sp³-hybridized carbons (Fsp3) is 0.900. The third kappa shape index (κ3) is 2.00.